The van der Waals surface area contributed by atoms with E-state index in [1.165, 1.54) is 52.1 Å². The first-order valence-electron chi connectivity index (χ1n) is 28.4. The highest BCUT2D eigenvalue weighted by atomic mass is 16.8. The first kappa shape index (κ1) is 86.9. The Morgan fingerprint density at radius 3 is 1.40 bits per heavy atom. The molecular weight excluding hydrogens is 1040 g/mol. The van der Waals surface area contributed by atoms with Crippen LogP contribution in [0.3, 0.4) is 0 Å². The van der Waals surface area contributed by atoms with Crippen LogP contribution in [0.15, 0.2) is 0 Å². The largest absolute Gasteiger partial charge is 0.510 e. The summed E-state index contributed by atoms with van der Waals surface area (Å²) in [6.45, 7) is 28.8. The highest BCUT2D eigenvalue weighted by Gasteiger charge is 2.61. The normalized spacial score (nSPS) is 26.3. The predicted octanol–water partition coefficient (Wildman–Crippen LogP) is 17.5. The molecule has 8 bridgehead atoms. The van der Waals surface area contributed by atoms with Crippen LogP contribution < -0.4 is 0 Å². The minimum atomic E-state index is -0.868. The van der Waals surface area contributed by atoms with E-state index in [0.717, 1.165) is 69.6 Å². The van der Waals surface area contributed by atoms with Crippen molar-refractivity contribution < 1.29 is 71.5 Å². The zero-order chi connectivity index (χ0) is 55.6. The molecule has 82 heavy (non-hydrogen) atoms. The van der Waals surface area contributed by atoms with Crippen molar-refractivity contribution in [3.63, 3.8) is 0 Å². The Kier molecular flexibility index (Phi) is 38.3. The van der Waals surface area contributed by atoms with E-state index < -0.39 is 47.8 Å². The Hall–Kier alpha value is -3.91. The van der Waals surface area contributed by atoms with Gasteiger partial charge in [0.05, 0.1) is 34.7 Å². The van der Waals surface area contributed by atoms with Crippen LogP contribution in [0.2, 0.25) is 0 Å². The third-order valence-electron chi connectivity index (χ3n) is 18.8. The quantitative estimate of drug-likeness (QED) is 0.0758. The number of rotatable bonds is 17. The van der Waals surface area contributed by atoms with Crippen molar-refractivity contribution in [1.82, 2.24) is 0 Å². The lowest BCUT2D eigenvalue weighted by Crippen LogP contribution is -2.63. The molecule has 9 fully saturated rings. The van der Waals surface area contributed by atoms with Gasteiger partial charge >= 0.3 is 42.0 Å². The lowest BCUT2D eigenvalue weighted by Gasteiger charge is -2.62. The summed E-state index contributed by atoms with van der Waals surface area (Å²) >= 11 is 0. The van der Waals surface area contributed by atoms with Crippen molar-refractivity contribution in [2.75, 3.05) is 20.5 Å². The number of carbonyl (C=O) groups is 7. The topological polar surface area (TPSA) is 193 Å². The summed E-state index contributed by atoms with van der Waals surface area (Å²) < 4.78 is 41.6. The van der Waals surface area contributed by atoms with E-state index in [-0.39, 0.29) is 124 Å². The van der Waals surface area contributed by atoms with Gasteiger partial charge in [0.15, 0.2) is 6.61 Å². The maximum atomic E-state index is 12.8. The van der Waals surface area contributed by atoms with Crippen LogP contribution in [0.25, 0.3) is 0 Å². The van der Waals surface area contributed by atoms with Crippen LogP contribution in [-0.2, 0) is 66.7 Å². The lowest BCUT2D eigenvalue weighted by molar-refractivity contribution is -0.231. The SMILES string of the molecule is C.C.C.C.C.C.C.C.CCC(C)(C)C(=O)OC1(C(C)C)C2CC3CC(C2)CC1C3.CCC(C)(C)C(=O)OCC(=O)OC1C2CC3CC(C2)C(=O)OC1C3.CCC(C)(C)C(=O)OCOC(=O)OC.CCC1(OC(=O)C(C)(C)CC)CCCC1. The molecular formula is C67H130O15. The Bertz CT molecular complexity index is 1900. The molecule has 0 aromatic rings. The van der Waals surface area contributed by atoms with Gasteiger partial charge in [-0.1, -0.05) is 108 Å². The maximum Gasteiger partial charge on any atom is 0.510 e. The predicted molar refractivity (Wildman–Crippen MR) is 333 cm³/mol. The van der Waals surface area contributed by atoms with Gasteiger partial charge in [0.1, 0.15) is 23.4 Å². The number of methoxy groups -OCH3 is 1. The van der Waals surface area contributed by atoms with E-state index in [1.54, 1.807) is 27.7 Å². The smallest absolute Gasteiger partial charge is 0.459 e. The van der Waals surface area contributed by atoms with Crippen LogP contribution in [0.1, 0.15) is 279 Å². The standard InChI is InChI=1S/C19H32O2.C18H26O6.C13H24O2.C9H16O5.8CH4/c1-6-18(4,5)17(20)21-19(12(2)3)15-8-13-7-14(10-15)11-16(19)9-13;1-4-18(2,3)17(21)22-9-14(19)24-15-11-5-10-6-12(8-11)16(20)23-13(15)7-10;1-5-12(3,4)11(14)15-13(6-2)9-7-8-10-13;1-5-9(2,3)7(10)13-6-14-8(11)12-4;;;;;;;;/h12-16H,6-11H2,1-5H3;10-13,15H,4-9H2,1-3H3;5-10H2,1-4H3;5-6H2,1-4H3;8*1H4. The second-order valence-electron chi connectivity index (χ2n) is 25.7. The third-order valence-corrected chi connectivity index (χ3v) is 18.8. The molecule has 0 N–H and O–H groups in total. The fourth-order valence-corrected chi connectivity index (χ4v) is 12.2. The summed E-state index contributed by atoms with van der Waals surface area (Å²) in [6.07, 6.45) is 16.8. The highest BCUT2D eigenvalue weighted by molar-refractivity contribution is 5.80. The molecule has 0 aromatic carbocycles. The van der Waals surface area contributed by atoms with Crippen molar-refractivity contribution in [1.29, 1.82) is 0 Å². The number of fused-ring (bicyclic) bond motifs is 1. The summed E-state index contributed by atoms with van der Waals surface area (Å²) in [6, 6.07) is 0. The molecule has 9 rings (SSSR count). The molecule has 2 saturated heterocycles. The minimum Gasteiger partial charge on any atom is -0.459 e. The highest BCUT2D eigenvalue weighted by Crippen LogP contribution is 2.62. The van der Waals surface area contributed by atoms with E-state index in [0.29, 0.717) is 36.5 Å². The Labute approximate surface area is 503 Å². The van der Waals surface area contributed by atoms with Crippen molar-refractivity contribution in [2.24, 2.45) is 69.0 Å². The second-order valence-corrected chi connectivity index (χ2v) is 25.7. The zero-order valence-corrected chi connectivity index (χ0v) is 48.5. The van der Waals surface area contributed by atoms with Crippen molar-refractivity contribution in [3.8, 4) is 0 Å². The summed E-state index contributed by atoms with van der Waals surface area (Å²) in [5, 5.41) is 0. The molecule has 0 spiro atoms. The van der Waals surface area contributed by atoms with Crippen molar-refractivity contribution in [2.45, 2.75) is 302 Å². The fraction of sp³-hybridized carbons (Fsp3) is 0.896. The Morgan fingerprint density at radius 1 is 0.549 bits per heavy atom. The van der Waals surface area contributed by atoms with Gasteiger partial charge in [0.25, 0.3) is 0 Å². The monoisotopic (exact) mass is 1170 g/mol. The number of carbonyl (C=O) groups excluding carboxylic acids is 7. The zero-order valence-electron chi connectivity index (χ0n) is 48.5. The molecule has 2 heterocycles. The van der Waals surface area contributed by atoms with Gasteiger partial charge in [-0.15, -0.1) is 0 Å². The molecule has 9 aliphatic rings. The fourth-order valence-electron chi connectivity index (χ4n) is 12.2. The first-order valence-corrected chi connectivity index (χ1v) is 28.4. The van der Waals surface area contributed by atoms with Crippen LogP contribution in [0.4, 0.5) is 4.79 Å². The van der Waals surface area contributed by atoms with Crippen LogP contribution in [0.5, 0.6) is 0 Å². The molecule has 15 heteroatoms. The van der Waals surface area contributed by atoms with Crippen molar-refractivity contribution in [3.05, 3.63) is 0 Å². The van der Waals surface area contributed by atoms with Gasteiger partial charge in [-0.05, 0) is 206 Å². The molecule has 0 aromatic heterocycles. The van der Waals surface area contributed by atoms with Gasteiger partial charge in [-0.3, -0.25) is 24.0 Å². The number of esters is 6. The van der Waals surface area contributed by atoms with Gasteiger partial charge in [0, 0.05) is 5.92 Å². The number of ether oxygens (including phenoxy) is 8. The van der Waals surface area contributed by atoms with Crippen LogP contribution in [-0.4, -0.2) is 85.9 Å². The molecule has 5 unspecified atom stereocenters. The van der Waals surface area contributed by atoms with Crippen LogP contribution in [0, 0.1) is 69.0 Å². The molecule has 7 aliphatic carbocycles. The van der Waals surface area contributed by atoms with E-state index in [4.69, 9.17) is 28.4 Å². The molecule has 0 amide bonds. The van der Waals surface area contributed by atoms with E-state index in [1.807, 2.05) is 48.5 Å². The maximum absolute atomic E-state index is 12.8. The van der Waals surface area contributed by atoms with Crippen LogP contribution >= 0.6 is 0 Å². The van der Waals surface area contributed by atoms with E-state index in [2.05, 4.69) is 37.2 Å². The first-order chi connectivity index (χ1) is 34.5. The van der Waals surface area contributed by atoms with E-state index >= 15 is 0 Å². The number of hydrogen-bond acceptors (Lipinski definition) is 15. The molecule has 7 saturated carbocycles. The van der Waals surface area contributed by atoms with Gasteiger partial charge in [-0.2, -0.15) is 0 Å². The van der Waals surface area contributed by atoms with Gasteiger partial charge < -0.3 is 37.9 Å². The summed E-state index contributed by atoms with van der Waals surface area (Å²) in [5.74, 6) is 2.60. The Morgan fingerprint density at radius 2 is 0.976 bits per heavy atom. The lowest BCUT2D eigenvalue weighted by atomic mass is 9.47. The molecule has 2 aliphatic heterocycles. The van der Waals surface area contributed by atoms with Gasteiger partial charge in [-0.25, -0.2) is 9.59 Å². The number of hydrogen-bond donors (Lipinski definition) is 0. The van der Waals surface area contributed by atoms with Gasteiger partial charge in [0.2, 0.25) is 6.79 Å². The average molecular weight is 1180 g/mol. The second kappa shape index (κ2) is 36.2. The summed E-state index contributed by atoms with van der Waals surface area (Å²) in [5.41, 5.74) is -2.16. The third kappa shape index (κ3) is 21.6. The van der Waals surface area contributed by atoms with E-state index in [9.17, 15) is 33.6 Å². The molecule has 0 radical (unpaired) electrons. The summed E-state index contributed by atoms with van der Waals surface area (Å²) in [4.78, 5) is 82.6. The Balaban J connectivity index is -0.000000318. The molecule has 488 valence electrons. The molecule has 15 nitrogen and oxygen atoms in total. The average Bonchev–Trinajstić information content (AvgIpc) is 3.77. The van der Waals surface area contributed by atoms with Crippen molar-refractivity contribution >= 4 is 42.0 Å². The summed E-state index contributed by atoms with van der Waals surface area (Å²) in [7, 11) is 1.18. The molecule has 5 atom stereocenters. The minimum absolute atomic E-state index is 0.